The Hall–Kier alpha value is -1.01. The normalized spacial score (nSPS) is 29.0. The molecule has 0 saturated carbocycles. The fraction of sp³-hybridized carbons (Fsp3) is 0.857. The lowest BCUT2D eigenvalue weighted by Gasteiger charge is -2.29. The Morgan fingerprint density at radius 3 is 3.23 bits per heavy atom. The van der Waals surface area contributed by atoms with Crippen LogP contribution in [0.2, 0.25) is 0 Å². The van der Waals surface area contributed by atoms with Crippen LogP contribution < -0.4 is 5.32 Å². The summed E-state index contributed by atoms with van der Waals surface area (Å²) >= 11 is 0. The van der Waals surface area contributed by atoms with Crippen LogP contribution in [-0.4, -0.2) is 46.5 Å². The summed E-state index contributed by atoms with van der Waals surface area (Å²) in [6.45, 7) is 1.46. The van der Waals surface area contributed by atoms with E-state index in [0.717, 1.165) is 13.0 Å². The summed E-state index contributed by atoms with van der Waals surface area (Å²) in [5.41, 5.74) is 0. The average molecular weight is 183 g/mol. The van der Waals surface area contributed by atoms with Crippen molar-refractivity contribution in [2.24, 2.45) is 0 Å². The Labute approximate surface area is 76.3 Å². The van der Waals surface area contributed by atoms with E-state index < -0.39 is 0 Å². The molecule has 2 unspecified atom stereocenters. The molecule has 1 aliphatic heterocycles. The Bertz CT molecular complexity index is 249. The fourth-order valence-corrected chi connectivity index (χ4v) is 1.61. The predicted molar refractivity (Wildman–Crippen MR) is 45.1 cm³/mol. The second-order valence-corrected chi connectivity index (χ2v) is 3.08. The highest BCUT2D eigenvalue weighted by molar-refractivity contribution is 4.80. The van der Waals surface area contributed by atoms with Crippen LogP contribution in [0, 0.1) is 0 Å². The molecule has 1 aromatic rings. The highest BCUT2D eigenvalue weighted by atomic mass is 16.5. The van der Waals surface area contributed by atoms with E-state index in [9.17, 15) is 0 Å². The van der Waals surface area contributed by atoms with Crippen molar-refractivity contribution in [2.75, 3.05) is 20.3 Å². The van der Waals surface area contributed by atoms with E-state index in [-0.39, 0.29) is 6.04 Å². The van der Waals surface area contributed by atoms with Gasteiger partial charge >= 0.3 is 0 Å². The lowest BCUT2D eigenvalue weighted by Crippen LogP contribution is -2.43. The van der Waals surface area contributed by atoms with Gasteiger partial charge in [-0.1, -0.05) is 0 Å². The van der Waals surface area contributed by atoms with E-state index in [2.05, 4.69) is 20.7 Å². The molecule has 1 aliphatic rings. The van der Waals surface area contributed by atoms with Crippen LogP contribution in [-0.2, 0) is 4.74 Å². The average Bonchev–Trinajstić information content (AvgIpc) is 2.70. The van der Waals surface area contributed by atoms with Gasteiger partial charge in [0, 0.05) is 12.6 Å². The molecule has 2 rings (SSSR count). The van der Waals surface area contributed by atoms with E-state index in [1.807, 2.05) is 7.05 Å². The van der Waals surface area contributed by atoms with Crippen LogP contribution in [0.25, 0.3) is 0 Å². The van der Waals surface area contributed by atoms with Gasteiger partial charge in [-0.2, -0.15) is 4.80 Å². The smallest absolute Gasteiger partial charge is 0.162 e. The van der Waals surface area contributed by atoms with Crippen LogP contribution in [0.3, 0.4) is 0 Å². The number of rotatable bonds is 2. The molecule has 0 aliphatic carbocycles. The van der Waals surface area contributed by atoms with Crippen LogP contribution in [0.4, 0.5) is 0 Å². The van der Waals surface area contributed by atoms with Crippen LogP contribution >= 0.6 is 0 Å². The third-order valence-corrected chi connectivity index (χ3v) is 2.36. The molecule has 6 heteroatoms. The molecule has 1 aromatic heterocycles. The molecule has 72 valence electrons. The Kier molecular flexibility index (Phi) is 2.51. The predicted octanol–water partition coefficient (Wildman–Crippen LogP) is -0.778. The maximum atomic E-state index is 5.37. The molecular weight excluding hydrogens is 170 g/mol. The third-order valence-electron chi connectivity index (χ3n) is 2.36. The molecule has 1 saturated heterocycles. The van der Waals surface area contributed by atoms with Crippen molar-refractivity contribution in [3.8, 4) is 0 Å². The van der Waals surface area contributed by atoms with Crippen LogP contribution in [0.1, 0.15) is 12.5 Å². The molecule has 1 fully saturated rings. The molecular formula is C7H13N5O. The quantitative estimate of drug-likeness (QED) is 0.651. The van der Waals surface area contributed by atoms with Gasteiger partial charge in [0.05, 0.1) is 6.61 Å². The zero-order valence-corrected chi connectivity index (χ0v) is 7.55. The molecule has 2 atom stereocenters. The van der Waals surface area contributed by atoms with Gasteiger partial charge in [0.1, 0.15) is 6.04 Å². The first kappa shape index (κ1) is 8.58. The number of aromatic nitrogens is 4. The molecule has 13 heavy (non-hydrogen) atoms. The van der Waals surface area contributed by atoms with E-state index in [1.54, 1.807) is 4.80 Å². The van der Waals surface area contributed by atoms with Crippen LogP contribution in [0.5, 0.6) is 0 Å². The molecule has 0 aromatic carbocycles. The van der Waals surface area contributed by atoms with Gasteiger partial charge in [0.15, 0.2) is 6.33 Å². The molecule has 0 radical (unpaired) electrons. The van der Waals surface area contributed by atoms with Gasteiger partial charge in [-0.15, -0.1) is 10.2 Å². The van der Waals surface area contributed by atoms with Crippen LogP contribution in [0.15, 0.2) is 6.33 Å². The van der Waals surface area contributed by atoms with Crippen molar-refractivity contribution in [3.63, 3.8) is 0 Å². The van der Waals surface area contributed by atoms with Crippen molar-refractivity contribution in [2.45, 2.75) is 18.5 Å². The number of likely N-dealkylation sites (N-methyl/N-ethyl adjacent to an activating group) is 1. The summed E-state index contributed by atoms with van der Waals surface area (Å²) in [7, 11) is 1.94. The van der Waals surface area contributed by atoms with Crippen molar-refractivity contribution >= 4 is 0 Å². The second kappa shape index (κ2) is 3.80. The maximum Gasteiger partial charge on any atom is 0.162 e. The molecule has 0 spiro atoms. The van der Waals surface area contributed by atoms with Crippen molar-refractivity contribution in [3.05, 3.63) is 6.33 Å². The van der Waals surface area contributed by atoms with Crippen molar-refractivity contribution < 1.29 is 4.74 Å². The molecule has 1 N–H and O–H groups in total. The summed E-state index contributed by atoms with van der Waals surface area (Å²) < 4.78 is 5.37. The first-order valence-corrected chi connectivity index (χ1v) is 4.39. The minimum absolute atomic E-state index is 0.168. The van der Waals surface area contributed by atoms with Gasteiger partial charge in [-0.25, -0.2) is 0 Å². The second-order valence-electron chi connectivity index (χ2n) is 3.08. The molecule has 0 amide bonds. The maximum absolute atomic E-state index is 5.37. The molecule has 0 bridgehead atoms. The first-order chi connectivity index (χ1) is 6.42. The van der Waals surface area contributed by atoms with E-state index >= 15 is 0 Å². The Morgan fingerprint density at radius 2 is 2.54 bits per heavy atom. The minimum Gasteiger partial charge on any atom is -0.379 e. The van der Waals surface area contributed by atoms with Crippen molar-refractivity contribution in [1.82, 2.24) is 25.5 Å². The lowest BCUT2D eigenvalue weighted by molar-refractivity contribution is 0.0287. The largest absolute Gasteiger partial charge is 0.379 e. The van der Waals surface area contributed by atoms with Gasteiger partial charge < -0.3 is 10.1 Å². The monoisotopic (exact) mass is 183 g/mol. The zero-order valence-electron chi connectivity index (χ0n) is 7.55. The zero-order chi connectivity index (χ0) is 9.10. The minimum atomic E-state index is 0.168. The standard InChI is InChI=1S/C7H13N5O/c1-8-6-2-3-13-4-7(6)12-10-5-9-11-12/h5-8H,2-4H2,1H3. The number of ether oxygens (including phenoxy) is 1. The van der Waals surface area contributed by atoms with E-state index in [0.29, 0.717) is 12.6 Å². The number of tetrazole rings is 1. The van der Waals surface area contributed by atoms with E-state index in [4.69, 9.17) is 4.74 Å². The number of hydrogen-bond donors (Lipinski definition) is 1. The van der Waals surface area contributed by atoms with Crippen molar-refractivity contribution in [1.29, 1.82) is 0 Å². The highest BCUT2D eigenvalue weighted by Gasteiger charge is 2.27. The molecule has 6 nitrogen and oxygen atoms in total. The van der Waals surface area contributed by atoms with Gasteiger partial charge in [0.2, 0.25) is 0 Å². The summed E-state index contributed by atoms with van der Waals surface area (Å²) in [6.07, 6.45) is 2.43. The Morgan fingerprint density at radius 1 is 1.62 bits per heavy atom. The number of nitrogens with one attached hydrogen (secondary N) is 1. The third kappa shape index (κ3) is 1.68. The topological polar surface area (TPSA) is 64.9 Å². The summed E-state index contributed by atoms with van der Waals surface area (Å²) in [5, 5.41) is 14.8. The fourth-order valence-electron chi connectivity index (χ4n) is 1.61. The van der Waals surface area contributed by atoms with Gasteiger partial charge in [0.25, 0.3) is 0 Å². The highest BCUT2D eigenvalue weighted by Crippen LogP contribution is 2.17. The SMILES string of the molecule is CNC1CCOCC1n1ncnn1. The number of nitrogens with zero attached hydrogens (tertiary/aromatic N) is 4. The summed E-state index contributed by atoms with van der Waals surface area (Å²) in [5.74, 6) is 0. The first-order valence-electron chi connectivity index (χ1n) is 4.39. The number of hydrogen-bond acceptors (Lipinski definition) is 5. The Balaban J connectivity index is 2.11. The molecule has 2 heterocycles. The lowest BCUT2D eigenvalue weighted by atomic mass is 10.0. The van der Waals surface area contributed by atoms with E-state index in [1.165, 1.54) is 6.33 Å². The van der Waals surface area contributed by atoms with Gasteiger partial charge in [-0.3, -0.25) is 0 Å². The summed E-state index contributed by atoms with van der Waals surface area (Å²) in [4.78, 5) is 1.61. The van der Waals surface area contributed by atoms with Gasteiger partial charge in [-0.05, 0) is 18.7 Å². The summed E-state index contributed by atoms with van der Waals surface area (Å²) in [6, 6.07) is 0.546.